The highest BCUT2D eigenvalue weighted by atomic mass is 32.2. The Morgan fingerprint density at radius 1 is 1.44 bits per heavy atom. The first-order chi connectivity index (χ1) is 7.74. The first-order valence-electron chi connectivity index (χ1n) is 6.83. The van der Waals surface area contributed by atoms with Gasteiger partial charge in [0.1, 0.15) is 0 Å². The summed E-state index contributed by atoms with van der Waals surface area (Å²) in [5.41, 5.74) is 6.46. The third-order valence-corrected chi connectivity index (χ3v) is 5.70. The third kappa shape index (κ3) is 2.27. The van der Waals surface area contributed by atoms with Crippen molar-refractivity contribution in [3.05, 3.63) is 0 Å². The quantitative estimate of drug-likeness (QED) is 0.776. The Bertz CT molecular complexity index is 230. The lowest BCUT2D eigenvalue weighted by molar-refractivity contribution is 0.0863. The molecule has 2 fully saturated rings. The molecule has 1 saturated heterocycles. The lowest BCUT2D eigenvalue weighted by Crippen LogP contribution is -2.58. The minimum absolute atomic E-state index is 0.320. The Balaban J connectivity index is 2.08. The van der Waals surface area contributed by atoms with Gasteiger partial charge >= 0.3 is 0 Å². The molecule has 16 heavy (non-hydrogen) atoms. The van der Waals surface area contributed by atoms with Crippen molar-refractivity contribution >= 4 is 11.8 Å². The van der Waals surface area contributed by atoms with Crippen molar-refractivity contribution in [3.8, 4) is 0 Å². The number of nitrogens with two attached hydrogens (primary N) is 1. The maximum Gasteiger partial charge on any atom is 0.0458 e. The molecule has 2 rings (SSSR count). The Morgan fingerprint density at radius 2 is 2.19 bits per heavy atom. The molecule has 1 aliphatic heterocycles. The highest BCUT2D eigenvalue weighted by Crippen LogP contribution is 2.44. The number of thioether (sulfide) groups is 1. The maximum atomic E-state index is 6.14. The molecule has 0 spiro atoms. The second-order valence-corrected chi connectivity index (χ2v) is 6.80. The Morgan fingerprint density at radius 3 is 2.62 bits per heavy atom. The molecular weight excluding hydrogens is 216 g/mol. The highest BCUT2D eigenvalue weighted by Gasteiger charge is 2.49. The van der Waals surface area contributed by atoms with E-state index in [9.17, 15) is 0 Å². The first kappa shape index (κ1) is 12.7. The predicted molar refractivity (Wildman–Crippen MR) is 73.0 cm³/mol. The molecule has 3 heteroatoms. The van der Waals surface area contributed by atoms with E-state index in [-0.39, 0.29) is 0 Å². The SMILES string of the molecule is CCCCN(C1CC1)C1(CN)CCSC1C. The van der Waals surface area contributed by atoms with Gasteiger partial charge in [-0.1, -0.05) is 20.3 Å². The smallest absolute Gasteiger partial charge is 0.0458 e. The van der Waals surface area contributed by atoms with Crippen LogP contribution in [0, 0.1) is 0 Å². The van der Waals surface area contributed by atoms with Gasteiger partial charge in [-0.25, -0.2) is 0 Å². The van der Waals surface area contributed by atoms with Crippen molar-refractivity contribution < 1.29 is 0 Å². The number of rotatable bonds is 6. The van der Waals surface area contributed by atoms with Crippen molar-refractivity contribution in [3.63, 3.8) is 0 Å². The average molecular weight is 242 g/mol. The minimum Gasteiger partial charge on any atom is -0.329 e. The van der Waals surface area contributed by atoms with E-state index in [0.717, 1.165) is 17.8 Å². The molecule has 1 saturated carbocycles. The number of hydrogen-bond acceptors (Lipinski definition) is 3. The topological polar surface area (TPSA) is 29.3 Å². The lowest BCUT2D eigenvalue weighted by Gasteiger charge is -2.44. The molecule has 2 unspecified atom stereocenters. The highest BCUT2D eigenvalue weighted by molar-refractivity contribution is 8.00. The van der Waals surface area contributed by atoms with E-state index in [1.807, 2.05) is 0 Å². The molecule has 0 aromatic carbocycles. The number of nitrogens with zero attached hydrogens (tertiary/aromatic N) is 1. The zero-order valence-electron chi connectivity index (χ0n) is 10.7. The van der Waals surface area contributed by atoms with E-state index in [1.165, 1.54) is 44.4 Å². The van der Waals surface area contributed by atoms with Gasteiger partial charge in [0.15, 0.2) is 0 Å². The fourth-order valence-corrected chi connectivity index (χ4v) is 4.50. The van der Waals surface area contributed by atoms with Crippen LogP contribution in [-0.4, -0.2) is 40.6 Å². The van der Waals surface area contributed by atoms with Crippen molar-refractivity contribution in [2.45, 2.75) is 62.8 Å². The van der Waals surface area contributed by atoms with Gasteiger partial charge in [0.2, 0.25) is 0 Å². The van der Waals surface area contributed by atoms with Crippen molar-refractivity contribution in [1.82, 2.24) is 4.90 Å². The molecule has 2 atom stereocenters. The van der Waals surface area contributed by atoms with E-state index in [4.69, 9.17) is 5.73 Å². The molecule has 0 aromatic rings. The average Bonchev–Trinajstić information content (AvgIpc) is 3.05. The summed E-state index contributed by atoms with van der Waals surface area (Å²) in [4.78, 5) is 2.78. The molecule has 2 aliphatic rings. The van der Waals surface area contributed by atoms with Gasteiger partial charge in [-0.15, -0.1) is 0 Å². The Kier molecular flexibility index (Phi) is 4.20. The molecule has 0 bridgehead atoms. The van der Waals surface area contributed by atoms with Gasteiger partial charge in [0.25, 0.3) is 0 Å². The first-order valence-corrected chi connectivity index (χ1v) is 7.88. The van der Waals surface area contributed by atoms with E-state index in [1.54, 1.807) is 0 Å². The Labute approximate surface area is 104 Å². The van der Waals surface area contributed by atoms with E-state index in [0.29, 0.717) is 5.54 Å². The molecule has 0 aromatic heterocycles. The molecule has 94 valence electrons. The van der Waals surface area contributed by atoms with Crippen LogP contribution in [0.2, 0.25) is 0 Å². The molecule has 1 aliphatic carbocycles. The molecule has 2 N–H and O–H groups in total. The molecule has 2 nitrogen and oxygen atoms in total. The predicted octanol–water partition coefficient (Wildman–Crippen LogP) is 2.47. The minimum atomic E-state index is 0.320. The zero-order valence-corrected chi connectivity index (χ0v) is 11.6. The molecular formula is C13H26N2S. The standard InChI is InChI=1S/C13H26N2S/c1-3-4-8-15(12-5-6-12)13(10-14)7-9-16-11(13)2/h11-12H,3-10,14H2,1-2H3. The summed E-state index contributed by atoms with van der Waals surface area (Å²) < 4.78 is 0. The largest absolute Gasteiger partial charge is 0.329 e. The van der Waals surface area contributed by atoms with E-state index in [2.05, 4.69) is 30.5 Å². The summed E-state index contributed by atoms with van der Waals surface area (Å²) in [5.74, 6) is 1.30. The maximum absolute atomic E-state index is 6.14. The van der Waals surface area contributed by atoms with E-state index < -0.39 is 0 Å². The van der Waals surface area contributed by atoms with Gasteiger partial charge in [0.05, 0.1) is 0 Å². The van der Waals surface area contributed by atoms with Crippen LogP contribution in [0.4, 0.5) is 0 Å². The monoisotopic (exact) mass is 242 g/mol. The van der Waals surface area contributed by atoms with Crippen LogP contribution in [-0.2, 0) is 0 Å². The van der Waals surface area contributed by atoms with Gasteiger partial charge in [-0.3, -0.25) is 4.90 Å². The fraction of sp³-hybridized carbons (Fsp3) is 1.00. The van der Waals surface area contributed by atoms with Crippen molar-refractivity contribution in [2.24, 2.45) is 5.73 Å². The van der Waals surface area contributed by atoms with Gasteiger partial charge in [0, 0.05) is 23.4 Å². The summed E-state index contributed by atoms with van der Waals surface area (Å²) in [6.07, 6.45) is 6.74. The van der Waals surface area contributed by atoms with Crippen LogP contribution in [0.25, 0.3) is 0 Å². The summed E-state index contributed by atoms with van der Waals surface area (Å²) in [6, 6.07) is 0.858. The van der Waals surface area contributed by atoms with Gasteiger partial charge < -0.3 is 5.73 Å². The summed E-state index contributed by atoms with van der Waals surface area (Å²) in [7, 11) is 0. The second kappa shape index (κ2) is 5.28. The zero-order chi connectivity index (χ0) is 11.6. The summed E-state index contributed by atoms with van der Waals surface area (Å²) in [5, 5.41) is 0.718. The van der Waals surface area contributed by atoms with E-state index >= 15 is 0 Å². The van der Waals surface area contributed by atoms with Gasteiger partial charge in [-0.05, 0) is 38.0 Å². The van der Waals surface area contributed by atoms with Crippen LogP contribution < -0.4 is 5.73 Å². The van der Waals surface area contributed by atoms with Crippen LogP contribution in [0.1, 0.15) is 46.0 Å². The Hall–Kier alpha value is 0.270. The number of hydrogen-bond donors (Lipinski definition) is 1. The molecule has 1 heterocycles. The fourth-order valence-electron chi connectivity index (χ4n) is 3.02. The molecule has 0 radical (unpaired) electrons. The summed E-state index contributed by atoms with van der Waals surface area (Å²) in [6.45, 7) is 6.78. The lowest BCUT2D eigenvalue weighted by atomic mass is 9.89. The van der Waals surface area contributed by atoms with Crippen LogP contribution in [0.3, 0.4) is 0 Å². The van der Waals surface area contributed by atoms with Crippen LogP contribution in [0.15, 0.2) is 0 Å². The second-order valence-electron chi connectivity index (χ2n) is 5.35. The summed E-state index contributed by atoms with van der Waals surface area (Å²) >= 11 is 2.11. The number of unbranched alkanes of at least 4 members (excludes halogenated alkanes) is 1. The van der Waals surface area contributed by atoms with Crippen molar-refractivity contribution in [1.29, 1.82) is 0 Å². The van der Waals surface area contributed by atoms with Crippen LogP contribution >= 0.6 is 11.8 Å². The third-order valence-electron chi connectivity index (χ3n) is 4.33. The van der Waals surface area contributed by atoms with Gasteiger partial charge in [-0.2, -0.15) is 11.8 Å². The normalized spacial score (nSPS) is 34.9. The van der Waals surface area contributed by atoms with Crippen LogP contribution in [0.5, 0.6) is 0 Å². The van der Waals surface area contributed by atoms with Crippen molar-refractivity contribution in [2.75, 3.05) is 18.8 Å². The molecule has 0 amide bonds.